The number of nitrogens with zero attached hydrogens (tertiary/aromatic N) is 2. The highest BCUT2D eigenvalue weighted by atomic mass is 79.9. The van der Waals surface area contributed by atoms with E-state index in [-0.39, 0.29) is 10.7 Å². The van der Waals surface area contributed by atoms with Crippen LogP contribution in [-0.2, 0) is 11.9 Å². The summed E-state index contributed by atoms with van der Waals surface area (Å²) in [5.74, 6) is 0.420. The van der Waals surface area contributed by atoms with Crippen molar-refractivity contribution in [2.75, 3.05) is 0 Å². The predicted octanol–water partition coefficient (Wildman–Crippen LogP) is 7.00. The molecule has 142 valence electrons. The van der Waals surface area contributed by atoms with E-state index in [2.05, 4.69) is 20.9 Å². The van der Waals surface area contributed by atoms with Crippen molar-refractivity contribution in [3.8, 4) is 17.3 Å². The van der Waals surface area contributed by atoms with Crippen LogP contribution in [0, 0.1) is 18.3 Å². The number of aryl methyl sites for hydroxylation is 1. The van der Waals surface area contributed by atoms with Gasteiger partial charge in [0.25, 0.3) is 0 Å². The van der Waals surface area contributed by atoms with Crippen LogP contribution in [0.1, 0.15) is 22.3 Å². The van der Waals surface area contributed by atoms with Gasteiger partial charge in [0.15, 0.2) is 0 Å². The van der Waals surface area contributed by atoms with Gasteiger partial charge in [-0.05, 0) is 30.7 Å². The zero-order valence-electron chi connectivity index (χ0n) is 14.7. The summed E-state index contributed by atoms with van der Waals surface area (Å²) in [5.41, 5.74) is 1.38. The third kappa shape index (κ3) is 4.75. The van der Waals surface area contributed by atoms with Crippen LogP contribution in [0.15, 0.2) is 64.1 Å². The molecule has 0 bridgehead atoms. The molecule has 0 aliphatic rings. The Kier molecular flexibility index (Phi) is 6.11. The van der Waals surface area contributed by atoms with Crippen LogP contribution >= 0.6 is 27.7 Å². The molecule has 2 aromatic carbocycles. The topological polar surface area (TPSA) is 36.7 Å². The SMILES string of the molecule is Cc1ccc(CSc2nc(-c3ccc(Br)cc3)cc(C(F)(F)F)c2C#N)cc1. The van der Waals surface area contributed by atoms with Crippen molar-refractivity contribution in [3.63, 3.8) is 0 Å². The number of nitriles is 1. The van der Waals surface area contributed by atoms with Gasteiger partial charge >= 0.3 is 6.18 Å². The Morgan fingerprint density at radius 3 is 2.29 bits per heavy atom. The summed E-state index contributed by atoms with van der Waals surface area (Å²) in [6, 6.07) is 17.2. The van der Waals surface area contributed by atoms with Gasteiger partial charge in [-0.25, -0.2) is 4.98 Å². The Hall–Kier alpha value is -2.30. The molecule has 1 aromatic heterocycles. The number of pyridine rings is 1. The molecule has 3 rings (SSSR count). The molecule has 2 nitrogen and oxygen atoms in total. The van der Waals surface area contributed by atoms with Gasteiger partial charge in [0.05, 0.1) is 16.8 Å². The lowest BCUT2D eigenvalue weighted by Crippen LogP contribution is -2.10. The van der Waals surface area contributed by atoms with Gasteiger partial charge < -0.3 is 0 Å². The second-order valence-corrected chi connectivity index (χ2v) is 8.01. The molecule has 0 atom stereocenters. The van der Waals surface area contributed by atoms with Gasteiger partial charge in [-0.15, -0.1) is 11.8 Å². The molecule has 0 radical (unpaired) electrons. The molecule has 7 heteroatoms. The third-order valence-electron chi connectivity index (χ3n) is 4.04. The molecule has 0 fully saturated rings. The second-order valence-electron chi connectivity index (χ2n) is 6.13. The maximum atomic E-state index is 13.6. The van der Waals surface area contributed by atoms with E-state index in [0.717, 1.165) is 33.4 Å². The minimum absolute atomic E-state index is 0.0795. The van der Waals surface area contributed by atoms with Crippen molar-refractivity contribution < 1.29 is 13.2 Å². The second kappa shape index (κ2) is 8.38. The van der Waals surface area contributed by atoms with E-state index in [1.54, 1.807) is 30.3 Å². The van der Waals surface area contributed by atoms with Crippen molar-refractivity contribution in [2.24, 2.45) is 0 Å². The summed E-state index contributed by atoms with van der Waals surface area (Å²) in [7, 11) is 0. The summed E-state index contributed by atoms with van der Waals surface area (Å²) in [6.45, 7) is 1.96. The quantitative estimate of drug-likeness (QED) is 0.391. The lowest BCUT2D eigenvalue weighted by atomic mass is 10.1. The van der Waals surface area contributed by atoms with E-state index in [9.17, 15) is 18.4 Å². The summed E-state index contributed by atoms with van der Waals surface area (Å²) in [6.07, 6.45) is -4.64. The minimum Gasteiger partial charge on any atom is -0.240 e. The Balaban J connectivity index is 2.05. The molecular formula is C21H14BrF3N2S. The fraction of sp³-hybridized carbons (Fsp3) is 0.143. The zero-order chi connectivity index (χ0) is 20.3. The molecule has 0 aliphatic heterocycles. The fourth-order valence-electron chi connectivity index (χ4n) is 2.56. The van der Waals surface area contributed by atoms with Crippen LogP contribution in [0.25, 0.3) is 11.3 Å². The number of aromatic nitrogens is 1. The highest BCUT2D eigenvalue weighted by molar-refractivity contribution is 9.10. The van der Waals surface area contributed by atoms with E-state index >= 15 is 0 Å². The average molecular weight is 463 g/mol. The van der Waals surface area contributed by atoms with Gasteiger partial charge in [-0.2, -0.15) is 18.4 Å². The van der Waals surface area contributed by atoms with Gasteiger partial charge in [-0.1, -0.05) is 57.9 Å². The number of halogens is 4. The summed E-state index contributed by atoms with van der Waals surface area (Å²) < 4.78 is 41.6. The van der Waals surface area contributed by atoms with Crippen LogP contribution in [0.2, 0.25) is 0 Å². The molecule has 0 N–H and O–H groups in total. The highest BCUT2D eigenvalue weighted by Gasteiger charge is 2.36. The van der Waals surface area contributed by atoms with Crippen LogP contribution in [-0.4, -0.2) is 4.98 Å². The van der Waals surface area contributed by atoms with E-state index in [0.29, 0.717) is 11.3 Å². The van der Waals surface area contributed by atoms with Crippen molar-refractivity contribution in [1.29, 1.82) is 5.26 Å². The van der Waals surface area contributed by atoms with Crippen LogP contribution in [0.5, 0.6) is 0 Å². The minimum atomic E-state index is -4.64. The lowest BCUT2D eigenvalue weighted by Gasteiger charge is -2.14. The molecule has 0 aliphatic carbocycles. The smallest absolute Gasteiger partial charge is 0.240 e. The van der Waals surface area contributed by atoms with Crippen molar-refractivity contribution in [3.05, 3.63) is 81.3 Å². The van der Waals surface area contributed by atoms with Crippen LogP contribution in [0.4, 0.5) is 13.2 Å². The predicted molar refractivity (Wildman–Crippen MR) is 108 cm³/mol. The van der Waals surface area contributed by atoms with Crippen LogP contribution < -0.4 is 0 Å². The normalized spacial score (nSPS) is 11.3. The van der Waals surface area contributed by atoms with E-state index in [1.807, 2.05) is 31.2 Å². The Morgan fingerprint density at radius 1 is 1.07 bits per heavy atom. The first-order valence-corrected chi connectivity index (χ1v) is 10.0. The molecule has 28 heavy (non-hydrogen) atoms. The van der Waals surface area contributed by atoms with Gasteiger partial charge in [-0.3, -0.25) is 0 Å². The maximum absolute atomic E-state index is 13.6. The van der Waals surface area contributed by atoms with Gasteiger partial charge in [0, 0.05) is 15.8 Å². The monoisotopic (exact) mass is 462 g/mol. The number of rotatable bonds is 4. The number of hydrogen-bond acceptors (Lipinski definition) is 3. The van der Waals surface area contributed by atoms with Crippen LogP contribution in [0.3, 0.4) is 0 Å². The molecule has 1 heterocycles. The summed E-state index contributed by atoms with van der Waals surface area (Å²) >= 11 is 4.44. The maximum Gasteiger partial charge on any atom is 0.417 e. The Labute approximate surface area is 173 Å². The van der Waals surface area contributed by atoms with E-state index < -0.39 is 17.3 Å². The number of thioether (sulfide) groups is 1. The first-order chi connectivity index (χ1) is 13.3. The zero-order valence-corrected chi connectivity index (χ0v) is 17.1. The first kappa shape index (κ1) is 20.4. The van der Waals surface area contributed by atoms with Crippen molar-refractivity contribution in [1.82, 2.24) is 4.98 Å². The molecule has 0 amide bonds. The summed E-state index contributed by atoms with van der Waals surface area (Å²) in [4.78, 5) is 4.38. The van der Waals surface area contributed by atoms with Crippen molar-refractivity contribution in [2.45, 2.75) is 23.9 Å². The first-order valence-electron chi connectivity index (χ1n) is 8.24. The summed E-state index contributed by atoms with van der Waals surface area (Å²) in [5, 5.41) is 9.46. The molecule has 0 unspecified atom stereocenters. The molecule has 3 aromatic rings. The van der Waals surface area contributed by atoms with Crippen molar-refractivity contribution >= 4 is 27.7 Å². The third-order valence-corrected chi connectivity index (χ3v) is 5.61. The van der Waals surface area contributed by atoms with E-state index in [1.165, 1.54) is 0 Å². The molecule has 0 saturated heterocycles. The molecule has 0 saturated carbocycles. The number of benzene rings is 2. The van der Waals surface area contributed by atoms with Gasteiger partial charge in [0.1, 0.15) is 11.1 Å². The standard InChI is InChI=1S/C21H14BrF3N2S/c1-13-2-4-14(5-3-13)12-28-20-17(11-26)18(21(23,24)25)10-19(27-20)15-6-8-16(22)9-7-15/h2-10H,12H2,1H3. The highest BCUT2D eigenvalue weighted by Crippen LogP contribution is 2.38. The molecular weight excluding hydrogens is 449 g/mol. The van der Waals surface area contributed by atoms with Gasteiger partial charge in [0.2, 0.25) is 0 Å². The average Bonchev–Trinajstić information content (AvgIpc) is 2.66. The molecule has 0 spiro atoms. The fourth-order valence-corrected chi connectivity index (χ4v) is 3.79. The van der Waals surface area contributed by atoms with E-state index in [4.69, 9.17) is 0 Å². The number of alkyl halides is 3. The Bertz CT molecular complexity index is 1020. The largest absolute Gasteiger partial charge is 0.417 e. The lowest BCUT2D eigenvalue weighted by molar-refractivity contribution is -0.138. The number of hydrogen-bond donors (Lipinski definition) is 0. The Morgan fingerprint density at radius 2 is 1.71 bits per heavy atom.